The van der Waals surface area contributed by atoms with E-state index in [2.05, 4.69) is 10.4 Å². The number of methoxy groups -OCH3 is 3. The largest absolute Gasteiger partial charge is 0.497 e. The first-order valence-corrected chi connectivity index (χ1v) is 11.0. The highest BCUT2D eigenvalue weighted by Gasteiger charge is 2.24. The molecule has 1 aliphatic heterocycles. The standard InChI is InChI=1S/C24H29N5O4/c1-31-18-9-7-8-17(14-18)25-24(30)28(20-12-11-19(32-2)15-21(20)33-3)16-22-26-23-10-5-4-6-13-29(23)27-22/h7-9,11-12,14-15H,4-6,10,13,16H2,1-3H3,(H,25,30). The fourth-order valence-corrected chi connectivity index (χ4v) is 3.89. The number of ether oxygens (including phenoxy) is 3. The summed E-state index contributed by atoms with van der Waals surface area (Å²) in [5, 5.41) is 7.63. The van der Waals surface area contributed by atoms with E-state index in [-0.39, 0.29) is 12.6 Å². The van der Waals surface area contributed by atoms with Crippen molar-refractivity contribution in [2.24, 2.45) is 0 Å². The van der Waals surface area contributed by atoms with Gasteiger partial charge in [-0.05, 0) is 37.1 Å². The summed E-state index contributed by atoms with van der Waals surface area (Å²) in [6.45, 7) is 1.04. The molecule has 9 heteroatoms. The minimum atomic E-state index is -0.336. The molecule has 0 saturated carbocycles. The zero-order valence-electron chi connectivity index (χ0n) is 19.2. The summed E-state index contributed by atoms with van der Waals surface area (Å²) >= 11 is 0. The fourth-order valence-electron chi connectivity index (χ4n) is 3.89. The van der Waals surface area contributed by atoms with E-state index in [1.807, 2.05) is 16.8 Å². The van der Waals surface area contributed by atoms with Crippen LogP contribution in [0.25, 0.3) is 0 Å². The first kappa shape index (κ1) is 22.4. The van der Waals surface area contributed by atoms with Crippen molar-refractivity contribution < 1.29 is 19.0 Å². The lowest BCUT2D eigenvalue weighted by molar-refractivity contribution is 0.256. The van der Waals surface area contributed by atoms with Crippen molar-refractivity contribution >= 4 is 17.4 Å². The number of aromatic nitrogens is 3. The van der Waals surface area contributed by atoms with Crippen LogP contribution in [-0.2, 0) is 19.5 Å². The lowest BCUT2D eigenvalue weighted by Crippen LogP contribution is -2.35. The lowest BCUT2D eigenvalue weighted by atomic mass is 10.2. The Morgan fingerprint density at radius 2 is 1.85 bits per heavy atom. The predicted octanol–water partition coefficient (Wildman–Crippen LogP) is 4.27. The second-order valence-corrected chi connectivity index (χ2v) is 7.76. The van der Waals surface area contributed by atoms with E-state index >= 15 is 0 Å². The number of hydrogen-bond donors (Lipinski definition) is 1. The molecule has 4 rings (SSSR count). The molecule has 0 spiro atoms. The minimum Gasteiger partial charge on any atom is -0.497 e. The molecule has 2 aromatic carbocycles. The van der Waals surface area contributed by atoms with Gasteiger partial charge < -0.3 is 19.5 Å². The Kier molecular flexibility index (Phi) is 6.97. The van der Waals surface area contributed by atoms with E-state index in [0.29, 0.717) is 34.4 Å². The van der Waals surface area contributed by atoms with Gasteiger partial charge in [-0.1, -0.05) is 12.5 Å². The number of fused-ring (bicyclic) bond motifs is 1. The van der Waals surface area contributed by atoms with Gasteiger partial charge in [0.2, 0.25) is 0 Å². The molecule has 1 aromatic heterocycles. The first-order chi connectivity index (χ1) is 16.1. The Morgan fingerprint density at radius 3 is 2.64 bits per heavy atom. The molecule has 1 N–H and O–H groups in total. The number of hydrogen-bond acceptors (Lipinski definition) is 6. The average molecular weight is 452 g/mol. The van der Waals surface area contributed by atoms with E-state index in [4.69, 9.17) is 19.2 Å². The van der Waals surface area contributed by atoms with Gasteiger partial charge in [0, 0.05) is 30.8 Å². The molecule has 0 unspecified atom stereocenters. The molecule has 33 heavy (non-hydrogen) atoms. The fraction of sp³-hybridized carbons (Fsp3) is 0.375. The number of carbonyl (C=O) groups excluding carboxylic acids is 1. The van der Waals surface area contributed by atoms with E-state index in [9.17, 15) is 4.79 Å². The molecule has 3 aromatic rings. The second-order valence-electron chi connectivity index (χ2n) is 7.76. The van der Waals surface area contributed by atoms with Gasteiger partial charge in [0.1, 0.15) is 23.1 Å². The second kappa shape index (κ2) is 10.2. The van der Waals surface area contributed by atoms with Crippen LogP contribution in [0.4, 0.5) is 16.2 Å². The lowest BCUT2D eigenvalue weighted by Gasteiger charge is -2.24. The number of benzene rings is 2. The molecule has 0 fully saturated rings. The molecule has 1 aliphatic rings. The van der Waals surface area contributed by atoms with Crippen LogP contribution in [-0.4, -0.2) is 42.1 Å². The zero-order chi connectivity index (χ0) is 23.2. The van der Waals surface area contributed by atoms with E-state index < -0.39 is 0 Å². The summed E-state index contributed by atoms with van der Waals surface area (Å²) in [5.74, 6) is 3.36. The maximum absolute atomic E-state index is 13.5. The van der Waals surface area contributed by atoms with Gasteiger partial charge in [-0.15, -0.1) is 0 Å². The molecule has 0 aliphatic carbocycles. The first-order valence-electron chi connectivity index (χ1n) is 11.0. The summed E-state index contributed by atoms with van der Waals surface area (Å²) < 4.78 is 18.1. The third-order valence-electron chi connectivity index (χ3n) is 5.61. The number of carbonyl (C=O) groups is 1. The Morgan fingerprint density at radius 1 is 1.03 bits per heavy atom. The van der Waals surface area contributed by atoms with Crippen molar-refractivity contribution in [3.05, 3.63) is 54.1 Å². The number of urea groups is 1. The van der Waals surface area contributed by atoms with Gasteiger partial charge in [-0.3, -0.25) is 4.90 Å². The molecule has 0 saturated heterocycles. The molecule has 0 bridgehead atoms. The summed E-state index contributed by atoms with van der Waals surface area (Å²) in [7, 11) is 4.74. The zero-order valence-corrected chi connectivity index (χ0v) is 19.2. The molecule has 2 heterocycles. The number of anilines is 2. The summed E-state index contributed by atoms with van der Waals surface area (Å²) in [6, 6.07) is 12.2. The van der Waals surface area contributed by atoms with Gasteiger partial charge in [-0.25, -0.2) is 14.5 Å². The van der Waals surface area contributed by atoms with Crippen molar-refractivity contribution in [2.75, 3.05) is 31.5 Å². The highest BCUT2D eigenvalue weighted by Crippen LogP contribution is 2.33. The summed E-state index contributed by atoms with van der Waals surface area (Å²) in [4.78, 5) is 19.8. The van der Waals surface area contributed by atoms with Gasteiger partial charge in [0.15, 0.2) is 5.82 Å². The third-order valence-corrected chi connectivity index (χ3v) is 5.61. The van der Waals surface area contributed by atoms with Gasteiger partial charge in [-0.2, -0.15) is 5.10 Å². The molecule has 174 valence electrons. The van der Waals surface area contributed by atoms with Crippen molar-refractivity contribution in [2.45, 2.75) is 38.8 Å². The van der Waals surface area contributed by atoms with E-state index in [0.717, 1.165) is 31.6 Å². The van der Waals surface area contributed by atoms with Crippen LogP contribution in [0.15, 0.2) is 42.5 Å². The van der Waals surface area contributed by atoms with Crippen LogP contribution in [0.2, 0.25) is 0 Å². The molecular formula is C24H29N5O4. The molecule has 0 radical (unpaired) electrons. The van der Waals surface area contributed by atoms with Crippen LogP contribution in [0.5, 0.6) is 17.2 Å². The van der Waals surface area contributed by atoms with Gasteiger partial charge in [0.25, 0.3) is 0 Å². The van der Waals surface area contributed by atoms with Gasteiger partial charge in [0.05, 0.1) is 33.6 Å². The SMILES string of the molecule is COc1cccc(NC(=O)N(Cc2nc3n(n2)CCCCC3)c2ccc(OC)cc2OC)c1. The summed E-state index contributed by atoms with van der Waals surface area (Å²) in [6.07, 6.45) is 4.26. The number of aryl methyl sites for hydroxylation is 2. The quantitative estimate of drug-likeness (QED) is 0.577. The van der Waals surface area contributed by atoms with Crippen LogP contribution in [0.3, 0.4) is 0 Å². The van der Waals surface area contributed by atoms with Crippen molar-refractivity contribution in [1.29, 1.82) is 0 Å². The number of rotatable bonds is 7. The highest BCUT2D eigenvalue weighted by molar-refractivity contribution is 6.02. The van der Waals surface area contributed by atoms with Crippen LogP contribution in [0.1, 0.15) is 30.9 Å². The third kappa shape index (κ3) is 5.19. The topological polar surface area (TPSA) is 90.7 Å². The average Bonchev–Trinajstić information content (AvgIpc) is 3.10. The van der Waals surface area contributed by atoms with Crippen molar-refractivity contribution in [1.82, 2.24) is 14.8 Å². The normalized spacial score (nSPS) is 12.9. The maximum Gasteiger partial charge on any atom is 0.326 e. The molecule has 2 amide bonds. The van der Waals surface area contributed by atoms with Crippen LogP contribution >= 0.6 is 0 Å². The Balaban J connectivity index is 1.66. The Labute approximate surface area is 193 Å². The van der Waals surface area contributed by atoms with Gasteiger partial charge >= 0.3 is 6.03 Å². The smallest absolute Gasteiger partial charge is 0.326 e. The van der Waals surface area contributed by atoms with Crippen LogP contribution < -0.4 is 24.4 Å². The predicted molar refractivity (Wildman–Crippen MR) is 125 cm³/mol. The van der Waals surface area contributed by atoms with Crippen molar-refractivity contribution in [3.63, 3.8) is 0 Å². The monoisotopic (exact) mass is 451 g/mol. The Hall–Kier alpha value is -3.75. The number of amides is 2. The maximum atomic E-state index is 13.5. The molecule has 9 nitrogen and oxygen atoms in total. The summed E-state index contributed by atoms with van der Waals surface area (Å²) in [5.41, 5.74) is 1.20. The number of nitrogens with zero attached hydrogens (tertiary/aromatic N) is 4. The number of nitrogens with one attached hydrogen (secondary N) is 1. The highest BCUT2D eigenvalue weighted by atomic mass is 16.5. The molecular weight excluding hydrogens is 422 g/mol. The van der Waals surface area contributed by atoms with Crippen LogP contribution in [0, 0.1) is 0 Å². The van der Waals surface area contributed by atoms with Crippen molar-refractivity contribution in [3.8, 4) is 17.2 Å². The Bertz CT molecular complexity index is 1090. The minimum absolute atomic E-state index is 0.193. The molecule has 0 atom stereocenters. The van der Waals surface area contributed by atoms with E-state index in [1.165, 1.54) is 6.42 Å². The van der Waals surface area contributed by atoms with E-state index in [1.54, 1.807) is 56.6 Å².